The number of fused-ring (bicyclic) bond motifs is 3. The van der Waals surface area contributed by atoms with Gasteiger partial charge in [-0.15, -0.1) is 0 Å². The highest BCUT2D eigenvalue weighted by Gasteiger charge is 2.30. The summed E-state index contributed by atoms with van der Waals surface area (Å²) in [5, 5.41) is 0. The van der Waals surface area contributed by atoms with Crippen molar-refractivity contribution in [2.75, 3.05) is 31.6 Å². The molecule has 0 aliphatic heterocycles. The lowest BCUT2D eigenvalue weighted by molar-refractivity contribution is -0.149. The molecule has 1 aliphatic rings. The van der Waals surface area contributed by atoms with Crippen molar-refractivity contribution in [2.24, 2.45) is 0 Å². The average molecular weight is 535 g/mol. The van der Waals surface area contributed by atoms with E-state index in [0.29, 0.717) is 5.69 Å². The molecule has 4 aromatic rings. The van der Waals surface area contributed by atoms with Crippen molar-refractivity contribution in [1.29, 1.82) is 0 Å². The molecular weight excluding hydrogens is 504 g/mol. The Labute approximate surface area is 233 Å². The van der Waals surface area contributed by atoms with Crippen LogP contribution in [0.5, 0.6) is 0 Å². The van der Waals surface area contributed by atoms with Crippen molar-refractivity contribution in [3.63, 3.8) is 0 Å². The number of benzene rings is 4. The molecule has 0 N–H and O–H groups in total. The third-order valence-corrected chi connectivity index (χ3v) is 6.95. The fraction of sp³-hybridized carbons (Fsp3) is 0.182. The van der Waals surface area contributed by atoms with Gasteiger partial charge in [-0.05, 0) is 39.9 Å². The second kappa shape index (κ2) is 12.3. The maximum Gasteiger partial charge on any atom is 0.414 e. The van der Waals surface area contributed by atoms with Crippen molar-refractivity contribution in [3.8, 4) is 11.1 Å². The number of carbonyl (C=O) groups is 3. The first-order valence-corrected chi connectivity index (χ1v) is 13.1. The van der Waals surface area contributed by atoms with Crippen LogP contribution in [0.15, 0.2) is 109 Å². The number of amides is 2. The van der Waals surface area contributed by atoms with Crippen molar-refractivity contribution in [3.05, 3.63) is 126 Å². The second-order valence-electron chi connectivity index (χ2n) is 9.62. The quantitative estimate of drug-likeness (QED) is 0.260. The lowest BCUT2D eigenvalue weighted by Gasteiger charge is -2.25. The van der Waals surface area contributed by atoms with E-state index in [1.54, 1.807) is 24.3 Å². The molecule has 7 nitrogen and oxygen atoms in total. The van der Waals surface area contributed by atoms with Gasteiger partial charge in [0, 0.05) is 18.7 Å². The molecule has 0 atom stereocenters. The van der Waals surface area contributed by atoms with Gasteiger partial charge in [-0.1, -0.05) is 97.1 Å². The van der Waals surface area contributed by atoms with Crippen LogP contribution in [-0.2, 0) is 25.7 Å². The number of esters is 1. The Morgan fingerprint density at radius 2 is 1.23 bits per heavy atom. The number of likely N-dealkylation sites (N-methyl/N-ethyl adjacent to an activating group) is 1. The molecule has 0 radical (unpaired) electrons. The number of hydrogen-bond donors (Lipinski definition) is 0. The Bertz CT molecular complexity index is 1440. The average Bonchev–Trinajstić information content (AvgIpc) is 3.32. The normalized spacial score (nSPS) is 11.7. The minimum Gasteiger partial charge on any atom is -0.459 e. The largest absolute Gasteiger partial charge is 0.459 e. The Morgan fingerprint density at radius 3 is 1.85 bits per heavy atom. The van der Waals surface area contributed by atoms with Gasteiger partial charge >= 0.3 is 12.1 Å². The van der Waals surface area contributed by atoms with Crippen molar-refractivity contribution >= 4 is 23.7 Å². The second-order valence-corrected chi connectivity index (χ2v) is 9.62. The fourth-order valence-corrected chi connectivity index (χ4v) is 4.86. The lowest BCUT2D eigenvalue weighted by atomic mass is 9.98. The van der Waals surface area contributed by atoms with Crippen LogP contribution >= 0.6 is 0 Å². The predicted molar refractivity (Wildman–Crippen MR) is 153 cm³/mol. The van der Waals surface area contributed by atoms with Crippen LogP contribution in [0.1, 0.15) is 22.6 Å². The molecule has 40 heavy (non-hydrogen) atoms. The number of nitrogens with zero attached hydrogens (tertiary/aromatic N) is 2. The first kappa shape index (κ1) is 26.7. The zero-order valence-electron chi connectivity index (χ0n) is 22.2. The van der Waals surface area contributed by atoms with Gasteiger partial charge < -0.3 is 14.4 Å². The first-order chi connectivity index (χ1) is 19.5. The molecule has 0 saturated heterocycles. The Hall–Kier alpha value is -4.91. The van der Waals surface area contributed by atoms with E-state index in [-0.39, 0.29) is 32.2 Å². The molecule has 5 rings (SSSR count). The van der Waals surface area contributed by atoms with Crippen LogP contribution in [0.25, 0.3) is 11.1 Å². The van der Waals surface area contributed by atoms with Crippen molar-refractivity contribution in [2.45, 2.75) is 12.5 Å². The van der Waals surface area contributed by atoms with Crippen LogP contribution in [-0.4, -0.2) is 49.6 Å². The summed E-state index contributed by atoms with van der Waals surface area (Å²) in [5.41, 5.74) is 5.86. The number of anilines is 1. The molecular formula is C33H30N2O5. The van der Waals surface area contributed by atoms with Gasteiger partial charge in [-0.2, -0.15) is 0 Å². The molecule has 2 amide bonds. The van der Waals surface area contributed by atoms with Crippen LogP contribution < -0.4 is 4.90 Å². The third kappa shape index (κ3) is 6.04. The highest BCUT2D eigenvalue weighted by Crippen LogP contribution is 2.44. The molecule has 0 unspecified atom stereocenters. The van der Waals surface area contributed by atoms with Crippen LogP contribution in [0.3, 0.4) is 0 Å². The highest BCUT2D eigenvalue weighted by molar-refractivity contribution is 5.95. The van der Waals surface area contributed by atoms with E-state index in [1.165, 1.54) is 16.8 Å². The molecule has 0 fully saturated rings. The van der Waals surface area contributed by atoms with Crippen molar-refractivity contribution in [1.82, 2.24) is 4.90 Å². The summed E-state index contributed by atoms with van der Waals surface area (Å²) in [6, 6.07) is 34.4. The van der Waals surface area contributed by atoms with Gasteiger partial charge in [-0.3, -0.25) is 14.5 Å². The van der Waals surface area contributed by atoms with E-state index in [0.717, 1.165) is 27.8 Å². The topological polar surface area (TPSA) is 76.2 Å². The van der Waals surface area contributed by atoms with E-state index in [2.05, 4.69) is 24.3 Å². The zero-order valence-corrected chi connectivity index (χ0v) is 22.2. The maximum absolute atomic E-state index is 13.4. The molecule has 202 valence electrons. The fourth-order valence-electron chi connectivity index (χ4n) is 4.86. The lowest BCUT2D eigenvalue weighted by Crippen LogP contribution is -2.43. The molecule has 4 aromatic carbocycles. The number of carbonyl (C=O) groups excluding carboxylic acids is 3. The number of hydrogen-bond acceptors (Lipinski definition) is 5. The van der Waals surface area contributed by atoms with E-state index >= 15 is 0 Å². The van der Waals surface area contributed by atoms with E-state index in [4.69, 9.17) is 9.47 Å². The minimum absolute atomic E-state index is 0.105. The summed E-state index contributed by atoms with van der Waals surface area (Å²) < 4.78 is 11.1. The summed E-state index contributed by atoms with van der Waals surface area (Å²) in [6.07, 6.45) is -0.638. The summed E-state index contributed by atoms with van der Waals surface area (Å²) in [4.78, 5) is 41.4. The molecule has 7 heteroatoms. The highest BCUT2D eigenvalue weighted by atomic mass is 16.6. The number of rotatable bonds is 9. The Morgan fingerprint density at radius 1 is 0.675 bits per heavy atom. The van der Waals surface area contributed by atoms with Crippen LogP contribution in [0.4, 0.5) is 10.5 Å². The van der Waals surface area contributed by atoms with Gasteiger partial charge in [0.25, 0.3) is 0 Å². The molecule has 0 saturated carbocycles. The Balaban J connectivity index is 1.24. The van der Waals surface area contributed by atoms with Gasteiger partial charge in [0.2, 0.25) is 5.91 Å². The van der Waals surface area contributed by atoms with Gasteiger partial charge in [0.1, 0.15) is 26.3 Å². The summed E-state index contributed by atoms with van der Waals surface area (Å²) in [7, 11) is 1.51. The van der Waals surface area contributed by atoms with Gasteiger partial charge in [0.05, 0.1) is 0 Å². The SMILES string of the molecule is CN(CC(=O)OCc1ccccc1)C(=O)CN(C(=O)OCC1c2ccccc2-c2ccccc21)c1ccccc1. The minimum atomic E-state index is -0.638. The molecule has 0 spiro atoms. The van der Waals surface area contributed by atoms with E-state index in [1.807, 2.05) is 60.7 Å². The van der Waals surface area contributed by atoms with Gasteiger partial charge in [-0.25, -0.2) is 4.79 Å². The van der Waals surface area contributed by atoms with Crippen LogP contribution in [0, 0.1) is 0 Å². The van der Waals surface area contributed by atoms with E-state index in [9.17, 15) is 14.4 Å². The maximum atomic E-state index is 13.4. The summed E-state index contributed by atoms with van der Waals surface area (Å²) in [6.45, 7) is -0.272. The molecule has 0 bridgehead atoms. The first-order valence-electron chi connectivity index (χ1n) is 13.1. The van der Waals surface area contributed by atoms with Gasteiger partial charge in [0.15, 0.2) is 0 Å². The molecule has 0 aromatic heterocycles. The number of ether oxygens (including phenoxy) is 2. The zero-order chi connectivity index (χ0) is 27.9. The number of para-hydroxylation sites is 1. The predicted octanol–water partition coefficient (Wildman–Crippen LogP) is 5.64. The van der Waals surface area contributed by atoms with Crippen LogP contribution in [0.2, 0.25) is 0 Å². The van der Waals surface area contributed by atoms with E-state index < -0.39 is 18.0 Å². The summed E-state index contributed by atoms with van der Waals surface area (Å²) >= 11 is 0. The monoisotopic (exact) mass is 534 g/mol. The summed E-state index contributed by atoms with van der Waals surface area (Å²) in [5.74, 6) is -1.06. The Kier molecular flexibility index (Phi) is 8.21. The smallest absolute Gasteiger partial charge is 0.414 e. The molecule has 0 heterocycles. The standard InChI is InChI=1S/C33H30N2O5/c1-34(21-32(37)39-22-24-12-4-2-5-13-24)31(36)20-35(25-14-6-3-7-15-25)33(38)40-23-30-28-18-10-8-16-26(28)27-17-9-11-19-29(27)30/h2-19,30H,20-23H2,1H3. The molecule has 1 aliphatic carbocycles. The van der Waals surface area contributed by atoms with Crippen molar-refractivity contribution < 1.29 is 23.9 Å². The third-order valence-electron chi connectivity index (χ3n) is 6.95.